The summed E-state index contributed by atoms with van der Waals surface area (Å²) in [5, 5.41) is 14.8. The molecule has 23 heavy (non-hydrogen) atoms. The van der Waals surface area contributed by atoms with Crippen LogP contribution in [0.5, 0.6) is 0 Å². The zero-order valence-electron chi connectivity index (χ0n) is 14.6. The zero-order chi connectivity index (χ0) is 17.3. The van der Waals surface area contributed by atoms with E-state index < -0.39 is 0 Å². The number of hydrogen-bond acceptors (Lipinski definition) is 2. The normalized spacial score (nSPS) is 30.9. The van der Waals surface area contributed by atoms with Crippen LogP contribution in [0.1, 0.15) is 45.6 Å². The summed E-state index contributed by atoms with van der Waals surface area (Å²) in [6.45, 7) is 7.91. The smallest absolute Gasteiger partial charge is 0.0595 e. The maximum Gasteiger partial charge on any atom is 0.0595 e. The van der Waals surface area contributed by atoms with Crippen LogP contribution in [-0.4, -0.2) is 25.3 Å². The maximum atomic E-state index is 10.3. The molecule has 0 radical (unpaired) electrons. The van der Waals surface area contributed by atoms with E-state index in [2.05, 4.69) is 32.2 Å². The lowest BCUT2D eigenvalue weighted by Crippen LogP contribution is -2.49. The number of hydrogen-bond donors (Lipinski definition) is 2. The molecule has 0 amide bonds. The molecule has 1 aromatic carbocycles. The van der Waals surface area contributed by atoms with Gasteiger partial charge >= 0.3 is 0 Å². The summed E-state index contributed by atoms with van der Waals surface area (Å²) in [5.41, 5.74) is 1.11. The van der Waals surface area contributed by atoms with E-state index in [1.807, 2.05) is 19.2 Å². The second-order valence-electron chi connectivity index (χ2n) is 7.89. The van der Waals surface area contributed by atoms with Crippen LogP contribution in [0.25, 0.3) is 0 Å². The topological polar surface area (TPSA) is 32.3 Å². The van der Waals surface area contributed by atoms with Crippen LogP contribution >= 0.6 is 23.2 Å². The Morgan fingerprint density at radius 3 is 2.52 bits per heavy atom. The first-order chi connectivity index (χ1) is 10.8. The van der Waals surface area contributed by atoms with Crippen LogP contribution in [0.2, 0.25) is 10.0 Å². The molecule has 0 heterocycles. The number of halogens is 2. The predicted octanol–water partition coefficient (Wildman–Crippen LogP) is 4.91. The first kappa shape index (κ1) is 19.1. The largest absolute Gasteiger partial charge is 0.396 e. The summed E-state index contributed by atoms with van der Waals surface area (Å²) in [7, 11) is 1.98. The van der Waals surface area contributed by atoms with Crippen molar-refractivity contribution in [3.63, 3.8) is 0 Å². The molecule has 1 aliphatic rings. The third-order valence-electron chi connectivity index (χ3n) is 5.74. The summed E-state index contributed by atoms with van der Waals surface area (Å²) in [5.74, 6) is 0.824. The van der Waals surface area contributed by atoms with Crippen LogP contribution in [0.4, 0.5) is 0 Å². The van der Waals surface area contributed by atoms with Crippen LogP contribution in [0, 0.1) is 17.3 Å². The van der Waals surface area contributed by atoms with Gasteiger partial charge < -0.3 is 10.4 Å². The molecule has 0 saturated heterocycles. The number of benzene rings is 1. The highest BCUT2D eigenvalue weighted by Gasteiger charge is 2.49. The quantitative estimate of drug-likeness (QED) is 0.750. The van der Waals surface area contributed by atoms with E-state index in [1.165, 1.54) is 5.56 Å². The van der Waals surface area contributed by atoms with Gasteiger partial charge in [-0.05, 0) is 61.3 Å². The first-order valence-electron chi connectivity index (χ1n) is 8.48. The van der Waals surface area contributed by atoms with Gasteiger partial charge in [0.1, 0.15) is 0 Å². The molecular weight excluding hydrogens is 329 g/mol. The van der Waals surface area contributed by atoms with Gasteiger partial charge in [-0.2, -0.15) is 0 Å². The van der Waals surface area contributed by atoms with Crippen molar-refractivity contribution >= 4 is 23.2 Å². The van der Waals surface area contributed by atoms with Crippen molar-refractivity contribution in [2.24, 2.45) is 17.3 Å². The third-order valence-corrected chi connectivity index (χ3v) is 6.48. The SMILES string of the molecule is CNC[C@@]1(c2ccc(Cl)c(Cl)c2)CCC(C)CC(C)(C)[C@H]1CO. The Morgan fingerprint density at radius 1 is 1.26 bits per heavy atom. The van der Waals surface area contributed by atoms with Gasteiger partial charge in [-0.15, -0.1) is 0 Å². The van der Waals surface area contributed by atoms with E-state index in [4.69, 9.17) is 23.2 Å². The van der Waals surface area contributed by atoms with Crippen LogP contribution in [0.15, 0.2) is 18.2 Å². The van der Waals surface area contributed by atoms with Crippen LogP contribution in [-0.2, 0) is 5.41 Å². The van der Waals surface area contributed by atoms with Crippen molar-refractivity contribution in [2.45, 2.75) is 45.4 Å². The van der Waals surface area contributed by atoms with Gasteiger partial charge in [-0.3, -0.25) is 0 Å². The molecule has 2 rings (SSSR count). The average Bonchev–Trinajstić information content (AvgIpc) is 2.56. The van der Waals surface area contributed by atoms with Gasteiger partial charge in [-0.25, -0.2) is 0 Å². The van der Waals surface area contributed by atoms with Gasteiger partial charge in [0.05, 0.1) is 10.0 Å². The summed E-state index contributed by atoms with van der Waals surface area (Å²) in [6.07, 6.45) is 3.33. The monoisotopic (exact) mass is 357 g/mol. The lowest BCUT2D eigenvalue weighted by molar-refractivity contribution is 0.0438. The predicted molar refractivity (Wildman–Crippen MR) is 99.4 cm³/mol. The molecule has 1 unspecified atom stereocenters. The molecule has 2 N–H and O–H groups in total. The van der Waals surface area contributed by atoms with Crippen molar-refractivity contribution in [3.05, 3.63) is 33.8 Å². The molecule has 0 aliphatic heterocycles. The molecule has 0 aromatic heterocycles. The first-order valence-corrected chi connectivity index (χ1v) is 9.23. The van der Waals surface area contributed by atoms with Crippen molar-refractivity contribution in [1.82, 2.24) is 5.32 Å². The standard InChI is InChI=1S/C19H29Cl2NO/c1-13-7-8-19(12-22-4,17(11-23)18(2,3)10-13)14-5-6-15(20)16(21)9-14/h5-6,9,13,17,22-23H,7-8,10-12H2,1-4H3/t13?,17-,19-/m1/s1. The van der Waals surface area contributed by atoms with E-state index in [0.29, 0.717) is 16.0 Å². The van der Waals surface area contributed by atoms with Gasteiger partial charge in [0.2, 0.25) is 0 Å². The molecule has 4 heteroatoms. The zero-order valence-corrected chi connectivity index (χ0v) is 16.1. The Morgan fingerprint density at radius 2 is 1.96 bits per heavy atom. The van der Waals surface area contributed by atoms with Crippen LogP contribution < -0.4 is 5.32 Å². The fourth-order valence-corrected chi connectivity index (χ4v) is 5.07. The van der Waals surface area contributed by atoms with Crippen molar-refractivity contribution < 1.29 is 5.11 Å². The highest BCUT2D eigenvalue weighted by atomic mass is 35.5. The second kappa shape index (κ2) is 7.31. The minimum Gasteiger partial charge on any atom is -0.396 e. The number of rotatable bonds is 4. The van der Waals surface area contributed by atoms with Crippen molar-refractivity contribution in [2.75, 3.05) is 20.2 Å². The van der Waals surface area contributed by atoms with E-state index in [9.17, 15) is 5.11 Å². The molecule has 0 bridgehead atoms. The second-order valence-corrected chi connectivity index (χ2v) is 8.70. The summed E-state index contributed by atoms with van der Waals surface area (Å²) in [4.78, 5) is 0. The maximum absolute atomic E-state index is 10.3. The Labute approximate surface area is 150 Å². The van der Waals surface area contributed by atoms with Gasteiger partial charge in [0.15, 0.2) is 0 Å². The Hall–Kier alpha value is -0.280. The van der Waals surface area contributed by atoms with E-state index in [-0.39, 0.29) is 23.4 Å². The summed E-state index contributed by atoms with van der Waals surface area (Å²) >= 11 is 12.4. The fourth-order valence-electron chi connectivity index (χ4n) is 4.77. The lowest BCUT2D eigenvalue weighted by Gasteiger charge is -2.47. The van der Waals surface area contributed by atoms with Gasteiger partial charge in [-0.1, -0.05) is 50.0 Å². The minimum atomic E-state index is -0.133. The highest BCUT2D eigenvalue weighted by molar-refractivity contribution is 6.42. The van der Waals surface area contributed by atoms with Crippen molar-refractivity contribution in [3.8, 4) is 0 Å². The Bertz CT molecular complexity index is 546. The van der Waals surface area contributed by atoms with Gasteiger partial charge in [0, 0.05) is 18.6 Å². The number of aliphatic hydroxyl groups is 1. The Kier molecular flexibility index (Phi) is 6.05. The molecule has 2 nitrogen and oxygen atoms in total. The summed E-state index contributed by atoms with van der Waals surface area (Å²) in [6, 6.07) is 5.96. The highest BCUT2D eigenvalue weighted by Crippen LogP contribution is 2.52. The number of nitrogens with one attached hydrogen (secondary N) is 1. The van der Waals surface area contributed by atoms with Gasteiger partial charge in [0.25, 0.3) is 0 Å². The molecule has 1 aromatic rings. The molecule has 130 valence electrons. The molecule has 3 atom stereocenters. The molecule has 0 spiro atoms. The molecule has 1 saturated carbocycles. The number of likely N-dealkylation sites (N-methyl/N-ethyl adjacent to an activating group) is 1. The van der Waals surface area contributed by atoms with E-state index in [0.717, 1.165) is 25.8 Å². The van der Waals surface area contributed by atoms with Crippen molar-refractivity contribution in [1.29, 1.82) is 0 Å². The molecule has 1 aliphatic carbocycles. The average molecular weight is 358 g/mol. The number of aliphatic hydroxyl groups excluding tert-OH is 1. The Balaban J connectivity index is 2.61. The van der Waals surface area contributed by atoms with E-state index in [1.54, 1.807) is 0 Å². The fraction of sp³-hybridized carbons (Fsp3) is 0.684. The molecular formula is C19H29Cl2NO. The third kappa shape index (κ3) is 3.71. The lowest BCUT2D eigenvalue weighted by atomic mass is 9.59. The minimum absolute atomic E-state index is 0.0631. The molecule has 1 fully saturated rings. The summed E-state index contributed by atoms with van der Waals surface area (Å²) < 4.78 is 0. The van der Waals surface area contributed by atoms with E-state index >= 15 is 0 Å². The van der Waals surface area contributed by atoms with Crippen LogP contribution in [0.3, 0.4) is 0 Å².